The molecule has 1 aromatic heterocycles. The molecular formula is C20H22ClN3O4S2. The van der Waals surface area contributed by atoms with Crippen LogP contribution in [0.15, 0.2) is 50.9 Å². The molecule has 0 unspecified atom stereocenters. The van der Waals surface area contributed by atoms with Crippen molar-refractivity contribution in [3.05, 3.63) is 47.0 Å². The first kappa shape index (κ1) is 22.6. The van der Waals surface area contributed by atoms with Gasteiger partial charge in [0, 0.05) is 13.1 Å². The summed E-state index contributed by atoms with van der Waals surface area (Å²) in [6, 6.07) is 9.95. The number of nitrogens with zero attached hydrogens (tertiary/aromatic N) is 2. The maximum absolute atomic E-state index is 12.7. The number of nitrogens with one attached hydrogen (secondary N) is 1. The van der Waals surface area contributed by atoms with E-state index in [-0.39, 0.29) is 21.8 Å². The van der Waals surface area contributed by atoms with Gasteiger partial charge in [0.25, 0.3) is 5.22 Å². The fourth-order valence-corrected chi connectivity index (χ4v) is 5.26. The first-order valence-electron chi connectivity index (χ1n) is 9.34. The van der Waals surface area contributed by atoms with E-state index in [0.29, 0.717) is 34.9 Å². The molecule has 0 bridgehead atoms. The lowest BCUT2D eigenvalue weighted by Gasteiger charge is -2.18. The minimum atomic E-state index is -3.58. The molecule has 1 N–H and O–H groups in total. The molecule has 7 nitrogen and oxygen atoms in total. The van der Waals surface area contributed by atoms with Crippen LogP contribution >= 0.6 is 23.4 Å². The number of aryl methyl sites for hydroxylation is 1. The highest BCUT2D eigenvalue weighted by Crippen LogP contribution is 2.27. The number of benzene rings is 2. The SMILES string of the molecule is CCN(CC)S(=O)(=O)c1ccc2oc(SCC(=O)Nc3ccc(C)cc3Cl)nc2c1. The number of amides is 1. The molecule has 1 heterocycles. The fraction of sp³-hybridized carbons (Fsp3) is 0.300. The number of thioether (sulfide) groups is 1. The van der Waals surface area contributed by atoms with Gasteiger partial charge in [-0.05, 0) is 42.8 Å². The van der Waals surface area contributed by atoms with Gasteiger partial charge in [-0.25, -0.2) is 13.4 Å². The van der Waals surface area contributed by atoms with E-state index in [1.54, 1.807) is 32.0 Å². The first-order chi connectivity index (χ1) is 14.2. The Morgan fingerprint density at radius 3 is 2.60 bits per heavy atom. The molecule has 0 spiro atoms. The molecular weight excluding hydrogens is 446 g/mol. The number of oxazole rings is 1. The van der Waals surface area contributed by atoms with Crippen LogP contribution in [0.1, 0.15) is 19.4 Å². The Kier molecular flexibility index (Phi) is 7.07. The van der Waals surface area contributed by atoms with E-state index in [1.807, 2.05) is 13.0 Å². The molecule has 3 aromatic rings. The molecule has 160 valence electrons. The molecule has 0 aliphatic heterocycles. The summed E-state index contributed by atoms with van der Waals surface area (Å²) in [5.74, 6) is -0.181. The molecule has 0 saturated heterocycles. The number of rotatable bonds is 8. The smallest absolute Gasteiger partial charge is 0.257 e. The number of carbonyl (C=O) groups excluding carboxylic acids is 1. The summed E-state index contributed by atoms with van der Waals surface area (Å²) in [5, 5.41) is 3.50. The molecule has 0 aliphatic carbocycles. The monoisotopic (exact) mass is 467 g/mol. The van der Waals surface area contributed by atoms with Crippen molar-refractivity contribution in [3.63, 3.8) is 0 Å². The average molecular weight is 468 g/mol. The van der Waals surface area contributed by atoms with Gasteiger partial charge in [0.2, 0.25) is 15.9 Å². The standard InChI is InChI=1S/C20H22ClN3O4S2/c1-4-24(5-2)30(26,27)14-7-9-18-17(11-14)23-20(28-18)29-12-19(25)22-16-8-6-13(3)10-15(16)21/h6-11H,4-5,12H2,1-3H3,(H,22,25). The van der Waals surface area contributed by atoms with E-state index in [4.69, 9.17) is 16.0 Å². The zero-order valence-corrected chi connectivity index (χ0v) is 19.2. The fourth-order valence-electron chi connectivity index (χ4n) is 2.86. The Labute approximate surface area is 184 Å². The maximum atomic E-state index is 12.7. The third-order valence-electron chi connectivity index (χ3n) is 4.41. The number of hydrogen-bond acceptors (Lipinski definition) is 6. The van der Waals surface area contributed by atoms with Gasteiger partial charge in [-0.15, -0.1) is 0 Å². The van der Waals surface area contributed by atoms with E-state index in [9.17, 15) is 13.2 Å². The number of fused-ring (bicyclic) bond motifs is 1. The third kappa shape index (κ3) is 4.97. The van der Waals surface area contributed by atoms with Gasteiger partial charge in [0.05, 0.1) is 21.4 Å². The highest BCUT2D eigenvalue weighted by Gasteiger charge is 2.22. The molecule has 0 aliphatic rings. The van der Waals surface area contributed by atoms with Crippen LogP contribution in [-0.4, -0.2) is 42.5 Å². The van der Waals surface area contributed by atoms with Gasteiger partial charge in [0.15, 0.2) is 5.58 Å². The van der Waals surface area contributed by atoms with Crippen LogP contribution in [0.25, 0.3) is 11.1 Å². The van der Waals surface area contributed by atoms with Crippen molar-refractivity contribution in [2.75, 3.05) is 24.2 Å². The van der Waals surface area contributed by atoms with Gasteiger partial charge in [-0.1, -0.05) is 43.3 Å². The van der Waals surface area contributed by atoms with Crippen molar-refractivity contribution >= 4 is 56.1 Å². The van der Waals surface area contributed by atoms with Crippen molar-refractivity contribution in [1.29, 1.82) is 0 Å². The number of carbonyl (C=O) groups is 1. The summed E-state index contributed by atoms with van der Waals surface area (Å²) in [7, 11) is -3.58. The minimum Gasteiger partial charge on any atom is -0.431 e. The van der Waals surface area contributed by atoms with Crippen LogP contribution < -0.4 is 5.32 Å². The van der Waals surface area contributed by atoms with Crippen molar-refractivity contribution in [3.8, 4) is 0 Å². The van der Waals surface area contributed by atoms with Crippen molar-refractivity contribution in [1.82, 2.24) is 9.29 Å². The summed E-state index contributed by atoms with van der Waals surface area (Å²) in [4.78, 5) is 16.7. The number of hydrogen-bond donors (Lipinski definition) is 1. The summed E-state index contributed by atoms with van der Waals surface area (Å²) >= 11 is 7.25. The van der Waals surface area contributed by atoms with Crippen LogP contribution in [0.3, 0.4) is 0 Å². The lowest BCUT2D eigenvalue weighted by atomic mass is 10.2. The molecule has 3 rings (SSSR count). The molecule has 10 heteroatoms. The van der Waals surface area contributed by atoms with Crippen LogP contribution in [0.2, 0.25) is 5.02 Å². The maximum Gasteiger partial charge on any atom is 0.257 e. The van der Waals surface area contributed by atoms with Crippen molar-refractivity contribution in [2.45, 2.75) is 30.9 Å². The van der Waals surface area contributed by atoms with E-state index in [2.05, 4.69) is 10.3 Å². The number of aromatic nitrogens is 1. The summed E-state index contributed by atoms with van der Waals surface area (Å²) in [5.41, 5.74) is 2.42. The predicted octanol–water partition coefficient (Wildman–Crippen LogP) is 4.55. The van der Waals surface area contributed by atoms with Gasteiger partial charge in [0.1, 0.15) is 5.52 Å². The zero-order valence-electron chi connectivity index (χ0n) is 16.8. The lowest BCUT2D eigenvalue weighted by Crippen LogP contribution is -2.30. The van der Waals surface area contributed by atoms with Crippen molar-refractivity contribution in [2.24, 2.45) is 0 Å². The Hall–Kier alpha value is -2.07. The second-order valence-corrected chi connectivity index (χ2v) is 9.79. The Morgan fingerprint density at radius 2 is 1.93 bits per heavy atom. The second-order valence-electron chi connectivity index (χ2n) is 6.52. The van der Waals surface area contributed by atoms with Gasteiger partial charge in [-0.3, -0.25) is 4.79 Å². The summed E-state index contributed by atoms with van der Waals surface area (Å²) in [6.07, 6.45) is 0. The second kappa shape index (κ2) is 9.38. The van der Waals surface area contributed by atoms with E-state index < -0.39 is 10.0 Å². The van der Waals surface area contributed by atoms with Crippen LogP contribution in [0.5, 0.6) is 0 Å². The molecule has 0 saturated carbocycles. The van der Waals surface area contributed by atoms with Crippen LogP contribution in [0.4, 0.5) is 5.69 Å². The van der Waals surface area contributed by atoms with Gasteiger partial charge < -0.3 is 9.73 Å². The number of sulfonamides is 1. The van der Waals surface area contributed by atoms with Crippen LogP contribution in [-0.2, 0) is 14.8 Å². The average Bonchev–Trinajstić information content (AvgIpc) is 3.11. The Bertz CT molecular complexity index is 1170. The van der Waals surface area contributed by atoms with Crippen LogP contribution in [0, 0.1) is 6.92 Å². The molecule has 0 radical (unpaired) electrons. The molecule has 0 atom stereocenters. The van der Waals surface area contributed by atoms with Gasteiger partial charge >= 0.3 is 0 Å². The summed E-state index contributed by atoms with van der Waals surface area (Å²) < 4.78 is 32.4. The highest BCUT2D eigenvalue weighted by molar-refractivity contribution is 7.99. The number of anilines is 1. The summed E-state index contributed by atoms with van der Waals surface area (Å²) in [6.45, 7) is 6.27. The predicted molar refractivity (Wildman–Crippen MR) is 120 cm³/mol. The Balaban J connectivity index is 1.71. The zero-order chi connectivity index (χ0) is 21.9. The third-order valence-corrected chi connectivity index (χ3v) is 7.59. The Morgan fingerprint density at radius 1 is 1.20 bits per heavy atom. The van der Waals surface area contributed by atoms with E-state index >= 15 is 0 Å². The topological polar surface area (TPSA) is 92.5 Å². The lowest BCUT2D eigenvalue weighted by molar-refractivity contribution is -0.113. The van der Waals surface area contributed by atoms with Gasteiger partial charge in [-0.2, -0.15) is 4.31 Å². The number of halogens is 1. The molecule has 0 fully saturated rings. The van der Waals surface area contributed by atoms with E-state index in [1.165, 1.54) is 16.4 Å². The minimum absolute atomic E-state index is 0.0711. The molecule has 1 amide bonds. The van der Waals surface area contributed by atoms with E-state index in [0.717, 1.165) is 17.3 Å². The largest absolute Gasteiger partial charge is 0.431 e. The normalized spacial score (nSPS) is 11.9. The quantitative estimate of drug-likeness (QED) is 0.488. The first-order valence-corrected chi connectivity index (χ1v) is 12.1. The highest BCUT2D eigenvalue weighted by atomic mass is 35.5. The molecule has 2 aromatic carbocycles. The van der Waals surface area contributed by atoms with Crippen molar-refractivity contribution < 1.29 is 17.6 Å². The molecule has 30 heavy (non-hydrogen) atoms.